The lowest BCUT2D eigenvalue weighted by Crippen LogP contribution is -2.09. The van der Waals surface area contributed by atoms with Gasteiger partial charge in [0.05, 0.1) is 11.8 Å². The topological polar surface area (TPSA) is 38.4 Å². The van der Waals surface area contributed by atoms with Crippen molar-refractivity contribution >= 4 is 6.21 Å². The molecule has 2 nitrogen and oxygen atoms in total. The SMILES string of the molecule is N/N=C/c1ccc(F)cc1C(F)(F)F. The van der Waals surface area contributed by atoms with Crippen molar-refractivity contribution in [1.82, 2.24) is 0 Å². The molecule has 76 valence electrons. The second-order valence-electron chi connectivity index (χ2n) is 2.51. The van der Waals surface area contributed by atoms with Crippen LogP contribution >= 0.6 is 0 Å². The molecule has 1 aromatic carbocycles. The summed E-state index contributed by atoms with van der Waals surface area (Å²) in [5.41, 5.74) is -1.35. The molecule has 0 aromatic heterocycles. The minimum absolute atomic E-state index is 0.263. The predicted octanol–water partition coefficient (Wildman–Crippen LogP) is 2.14. The Balaban J connectivity index is 3.30. The van der Waals surface area contributed by atoms with E-state index in [1.54, 1.807) is 0 Å². The molecular formula is C8H6F4N2. The number of rotatable bonds is 1. The number of benzene rings is 1. The number of hydrazone groups is 1. The highest BCUT2D eigenvalue weighted by Gasteiger charge is 2.33. The lowest BCUT2D eigenvalue weighted by Gasteiger charge is -2.09. The van der Waals surface area contributed by atoms with E-state index < -0.39 is 17.6 Å². The third-order valence-electron chi connectivity index (χ3n) is 1.53. The predicted molar refractivity (Wildman–Crippen MR) is 43.2 cm³/mol. The molecule has 2 N–H and O–H groups in total. The average Bonchev–Trinajstić information content (AvgIpc) is 2.07. The molecule has 0 amide bonds. The quantitative estimate of drug-likeness (QED) is 0.325. The fourth-order valence-corrected chi connectivity index (χ4v) is 0.967. The van der Waals surface area contributed by atoms with E-state index in [9.17, 15) is 17.6 Å². The Morgan fingerprint density at radius 2 is 1.93 bits per heavy atom. The molecule has 0 saturated heterocycles. The van der Waals surface area contributed by atoms with Crippen molar-refractivity contribution in [3.8, 4) is 0 Å². The van der Waals surface area contributed by atoms with Gasteiger partial charge in [0.25, 0.3) is 0 Å². The monoisotopic (exact) mass is 206 g/mol. The second kappa shape index (κ2) is 3.65. The maximum Gasteiger partial charge on any atom is 0.417 e. The van der Waals surface area contributed by atoms with Crippen molar-refractivity contribution < 1.29 is 17.6 Å². The summed E-state index contributed by atoms with van der Waals surface area (Å²) in [4.78, 5) is 0. The maximum atomic E-state index is 12.5. The van der Waals surface area contributed by atoms with Crippen LogP contribution in [0.25, 0.3) is 0 Å². The molecular weight excluding hydrogens is 200 g/mol. The minimum Gasteiger partial charge on any atom is -0.323 e. The minimum atomic E-state index is -4.61. The molecule has 0 aliphatic heterocycles. The summed E-state index contributed by atoms with van der Waals surface area (Å²) in [6.07, 6.45) is -3.79. The summed E-state index contributed by atoms with van der Waals surface area (Å²) in [5, 5.41) is 2.96. The van der Waals surface area contributed by atoms with Crippen molar-refractivity contribution in [2.24, 2.45) is 10.9 Å². The fraction of sp³-hybridized carbons (Fsp3) is 0.125. The number of halogens is 4. The average molecular weight is 206 g/mol. The molecule has 1 rings (SSSR count). The molecule has 0 bridgehead atoms. The van der Waals surface area contributed by atoms with Crippen LogP contribution in [0.5, 0.6) is 0 Å². The van der Waals surface area contributed by atoms with Crippen LogP contribution in [0.1, 0.15) is 11.1 Å². The first kappa shape index (κ1) is 10.5. The Bertz CT molecular complexity index is 357. The van der Waals surface area contributed by atoms with Crippen molar-refractivity contribution in [3.63, 3.8) is 0 Å². The van der Waals surface area contributed by atoms with Gasteiger partial charge in [-0.2, -0.15) is 18.3 Å². The third-order valence-corrected chi connectivity index (χ3v) is 1.53. The first-order chi connectivity index (χ1) is 6.45. The first-order valence-electron chi connectivity index (χ1n) is 3.55. The van der Waals surface area contributed by atoms with Gasteiger partial charge in [-0.05, 0) is 18.2 Å². The molecule has 1 aromatic rings. The van der Waals surface area contributed by atoms with Crippen LogP contribution in [-0.4, -0.2) is 6.21 Å². The van der Waals surface area contributed by atoms with Crippen molar-refractivity contribution in [3.05, 3.63) is 35.1 Å². The Kier molecular flexibility index (Phi) is 2.73. The molecule has 0 fully saturated rings. The molecule has 0 unspecified atom stereocenters. The Hall–Kier alpha value is -1.59. The smallest absolute Gasteiger partial charge is 0.323 e. The molecule has 14 heavy (non-hydrogen) atoms. The van der Waals surface area contributed by atoms with Gasteiger partial charge in [-0.3, -0.25) is 0 Å². The van der Waals surface area contributed by atoms with E-state index in [0.717, 1.165) is 18.3 Å². The Morgan fingerprint density at radius 3 is 2.43 bits per heavy atom. The molecule has 6 heteroatoms. The van der Waals surface area contributed by atoms with Gasteiger partial charge in [0, 0.05) is 5.56 Å². The highest BCUT2D eigenvalue weighted by Crippen LogP contribution is 2.31. The van der Waals surface area contributed by atoms with E-state index in [1.165, 1.54) is 0 Å². The highest BCUT2D eigenvalue weighted by molar-refractivity contribution is 5.81. The van der Waals surface area contributed by atoms with Gasteiger partial charge >= 0.3 is 6.18 Å². The number of nitrogens with zero attached hydrogens (tertiary/aromatic N) is 1. The van der Waals surface area contributed by atoms with Crippen LogP contribution in [0.15, 0.2) is 23.3 Å². The Morgan fingerprint density at radius 1 is 1.29 bits per heavy atom. The van der Waals surface area contributed by atoms with Crippen molar-refractivity contribution in [2.45, 2.75) is 6.18 Å². The van der Waals surface area contributed by atoms with Gasteiger partial charge in [0.15, 0.2) is 0 Å². The van der Waals surface area contributed by atoms with Crippen molar-refractivity contribution in [1.29, 1.82) is 0 Å². The van der Waals surface area contributed by atoms with Crippen LogP contribution in [0, 0.1) is 5.82 Å². The van der Waals surface area contributed by atoms with Gasteiger partial charge in [0.2, 0.25) is 0 Å². The van der Waals surface area contributed by atoms with Crippen LogP contribution in [0.4, 0.5) is 17.6 Å². The van der Waals surface area contributed by atoms with Gasteiger partial charge in [-0.25, -0.2) is 4.39 Å². The Labute approximate surface area is 77.0 Å². The standard InChI is InChI=1S/C8H6F4N2/c9-6-2-1-5(4-14-13)7(3-6)8(10,11)12/h1-4H,13H2/b14-4+. The summed E-state index contributed by atoms with van der Waals surface area (Å²) in [7, 11) is 0. The summed E-state index contributed by atoms with van der Waals surface area (Å²) in [5.74, 6) is 3.77. The normalized spacial score (nSPS) is 12.3. The van der Waals surface area contributed by atoms with E-state index in [0.29, 0.717) is 6.07 Å². The largest absolute Gasteiger partial charge is 0.417 e. The molecule has 0 aliphatic carbocycles. The highest BCUT2D eigenvalue weighted by atomic mass is 19.4. The van der Waals surface area contributed by atoms with E-state index >= 15 is 0 Å². The van der Waals surface area contributed by atoms with Crippen LogP contribution in [0.3, 0.4) is 0 Å². The van der Waals surface area contributed by atoms with Crippen LogP contribution in [0.2, 0.25) is 0 Å². The summed E-state index contributed by atoms with van der Waals surface area (Å²) in [6.45, 7) is 0. The van der Waals surface area contributed by atoms with E-state index in [1.807, 2.05) is 0 Å². The van der Waals surface area contributed by atoms with Gasteiger partial charge in [-0.1, -0.05) is 0 Å². The summed E-state index contributed by atoms with van der Waals surface area (Å²) >= 11 is 0. The van der Waals surface area contributed by atoms with Crippen molar-refractivity contribution in [2.75, 3.05) is 0 Å². The fourth-order valence-electron chi connectivity index (χ4n) is 0.967. The lowest BCUT2D eigenvalue weighted by atomic mass is 10.1. The van der Waals surface area contributed by atoms with E-state index in [4.69, 9.17) is 5.84 Å². The van der Waals surface area contributed by atoms with Crippen LogP contribution < -0.4 is 5.84 Å². The van der Waals surface area contributed by atoms with E-state index in [2.05, 4.69) is 5.10 Å². The van der Waals surface area contributed by atoms with Crippen LogP contribution in [-0.2, 0) is 6.18 Å². The van der Waals surface area contributed by atoms with E-state index in [-0.39, 0.29) is 5.56 Å². The third kappa shape index (κ3) is 2.21. The number of hydrogen-bond acceptors (Lipinski definition) is 2. The number of nitrogens with two attached hydrogens (primary N) is 1. The number of alkyl halides is 3. The number of hydrogen-bond donors (Lipinski definition) is 1. The zero-order chi connectivity index (χ0) is 10.8. The van der Waals surface area contributed by atoms with Gasteiger partial charge < -0.3 is 5.84 Å². The molecule has 0 radical (unpaired) electrons. The first-order valence-corrected chi connectivity index (χ1v) is 3.55. The zero-order valence-electron chi connectivity index (χ0n) is 6.85. The van der Waals surface area contributed by atoms with Gasteiger partial charge in [-0.15, -0.1) is 0 Å². The second-order valence-corrected chi connectivity index (χ2v) is 2.51. The molecule has 0 saturated carbocycles. The van der Waals surface area contributed by atoms with Gasteiger partial charge in [0.1, 0.15) is 5.82 Å². The summed E-state index contributed by atoms with van der Waals surface area (Å²) < 4.78 is 49.4. The molecule has 0 spiro atoms. The summed E-state index contributed by atoms with van der Waals surface area (Å²) in [6, 6.07) is 2.28. The zero-order valence-corrected chi connectivity index (χ0v) is 6.85. The molecule has 0 atom stereocenters. The molecule has 0 aliphatic rings. The lowest BCUT2D eigenvalue weighted by molar-refractivity contribution is -0.137. The maximum absolute atomic E-state index is 12.5. The molecule has 0 heterocycles.